The lowest BCUT2D eigenvalue weighted by Crippen LogP contribution is -2.07. The van der Waals surface area contributed by atoms with Crippen molar-refractivity contribution in [1.82, 2.24) is 14.8 Å². The molecule has 0 aliphatic heterocycles. The van der Waals surface area contributed by atoms with Crippen molar-refractivity contribution in [2.45, 2.75) is 31.7 Å². The first-order valence-electron chi connectivity index (χ1n) is 8.62. The Bertz CT molecular complexity index is 934. The Morgan fingerprint density at radius 1 is 1.26 bits per heavy atom. The van der Waals surface area contributed by atoms with Crippen molar-refractivity contribution in [3.63, 3.8) is 0 Å². The maximum absolute atomic E-state index is 13.1. The van der Waals surface area contributed by atoms with E-state index in [0.29, 0.717) is 12.3 Å². The highest BCUT2D eigenvalue weighted by Crippen LogP contribution is 2.27. The summed E-state index contributed by atoms with van der Waals surface area (Å²) in [6.45, 7) is 7.33. The van der Waals surface area contributed by atoms with Crippen LogP contribution >= 0.6 is 23.1 Å². The minimum absolute atomic E-state index is 0.0682. The Morgan fingerprint density at radius 3 is 2.70 bits per heavy atom. The lowest BCUT2D eigenvalue weighted by Gasteiger charge is -2.10. The molecule has 0 aliphatic rings. The van der Waals surface area contributed by atoms with E-state index in [-0.39, 0.29) is 11.6 Å². The van der Waals surface area contributed by atoms with Gasteiger partial charge in [0, 0.05) is 30.0 Å². The Hall–Kier alpha value is -2.19. The van der Waals surface area contributed by atoms with E-state index >= 15 is 0 Å². The van der Waals surface area contributed by atoms with Gasteiger partial charge in [-0.3, -0.25) is 4.79 Å². The van der Waals surface area contributed by atoms with Gasteiger partial charge in [0.05, 0.1) is 5.75 Å². The number of nitrogens with one attached hydrogen (secondary N) is 1. The molecule has 0 saturated heterocycles. The molecule has 0 saturated carbocycles. The number of aryl methyl sites for hydroxylation is 1. The van der Waals surface area contributed by atoms with Crippen molar-refractivity contribution in [3.05, 3.63) is 58.7 Å². The number of halogens is 1. The van der Waals surface area contributed by atoms with Gasteiger partial charge in [0.2, 0.25) is 5.13 Å². The number of nitrogens with zero attached hydrogens (tertiary/aromatic N) is 3. The maximum atomic E-state index is 13.1. The van der Waals surface area contributed by atoms with E-state index in [0.717, 1.165) is 38.5 Å². The molecule has 0 bridgehead atoms. The lowest BCUT2D eigenvalue weighted by atomic mass is 10.2. The van der Waals surface area contributed by atoms with Crippen LogP contribution in [0.4, 0.5) is 9.52 Å². The standard InChI is InChI=1S/C19H21FN4OS2/c1-4-21-18-22-23-19(27-18)26-11-17(25)16-9-12(2)24(13(16)3)10-14-5-7-15(20)8-6-14/h5-9H,4,10-11H2,1-3H3,(H,21,22). The molecular weight excluding hydrogens is 383 g/mol. The number of anilines is 1. The summed E-state index contributed by atoms with van der Waals surface area (Å²) in [6, 6.07) is 8.36. The van der Waals surface area contributed by atoms with Crippen LogP contribution in [0.25, 0.3) is 0 Å². The summed E-state index contributed by atoms with van der Waals surface area (Å²) in [4.78, 5) is 12.7. The molecule has 2 aromatic heterocycles. The minimum atomic E-state index is -0.249. The van der Waals surface area contributed by atoms with Gasteiger partial charge in [-0.25, -0.2) is 4.39 Å². The summed E-state index contributed by atoms with van der Waals surface area (Å²) in [6.07, 6.45) is 0. The van der Waals surface area contributed by atoms with Crippen LogP contribution in [0, 0.1) is 19.7 Å². The van der Waals surface area contributed by atoms with Gasteiger partial charge in [0.25, 0.3) is 0 Å². The third kappa shape index (κ3) is 4.75. The highest BCUT2D eigenvalue weighted by atomic mass is 32.2. The molecule has 0 amide bonds. The molecule has 1 N–H and O–H groups in total. The van der Waals surface area contributed by atoms with E-state index in [9.17, 15) is 9.18 Å². The normalized spacial score (nSPS) is 11.0. The number of hydrogen-bond donors (Lipinski definition) is 1. The summed E-state index contributed by atoms with van der Waals surface area (Å²) in [5, 5.41) is 12.0. The Morgan fingerprint density at radius 2 is 2.00 bits per heavy atom. The number of aromatic nitrogens is 3. The molecule has 0 unspecified atom stereocenters. The van der Waals surface area contributed by atoms with Gasteiger partial charge in [-0.05, 0) is 44.5 Å². The quantitative estimate of drug-likeness (QED) is 0.441. The molecule has 1 aromatic carbocycles. The Kier molecular flexibility index (Phi) is 6.28. The first kappa shape index (κ1) is 19.6. The summed E-state index contributed by atoms with van der Waals surface area (Å²) in [5.41, 5.74) is 3.65. The predicted octanol–water partition coefficient (Wildman–Crippen LogP) is 4.55. The summed E-state index contributed by atoms with van der Waals surface area (Å²) < 4.78 is 16.0. The van der Waals surface area contributed by atoms with Gasteiger partial charge in [0.1, 0.15) is 5.82 Å². The van der Waals surface area contributed by atoms with Crippen molar-refractivity contribution in [3.8, 4) is 0 Å². The zero-order valence-corrected chi connectivity index (χ0v) is 17.1. The highest BCUT2D eigenvalue weighted by molar-refractivity contribution is 8.01. The second-order valence-electron chi connectivity index (χ2n) is 6.11. The number of rotatable bonds is 8. The summed E-state index contributed by atoms with van der Waals surface area (Å²) >= 11 is 2.86. The van der Waals surface area contributed by atoms with Gasteiger partial charge in [-0.1, -0.05) is 35.2 Å². The van der Waals surface area contributed by atoms with E-state index in [4.69, 9.17) is 0 Å². The van der Waals surface area contributed by atoms with Gasteiger partial charge in [-0.15, -0.1) is 10.2 Å². The van der Waals surface area contributed by atoms with Crippen LogP contribution in [0.1, 0.15) is 34.2 Å². The Balaban J connectivity index is 1.68. The van der Waals surface area contributed by atoms with Crippen LogP contribution in [-0.2, 0) is 6.54 Å². The second kappa shape index (κ2) is 8.67. The molecule has 2 heterocycles. The predicted molar refractivity (Wildman–Crippen MR) is 109 cm³/mol. The number of carbonyl (C=O) groups is 1. The first-order chi connectivity index (χ1) is 13.0. The molecule has 0 aliphatic carbocycles. The molecule has 5 nitrogen and oxygen atoms in total. The average molecular weight is 405 g/mol. The molecule has 0 radical (unpaired) electrons. The fourth-order valence-corrected chi connectivity index (χ4v) is 4.50. The minimum Gasteiger partial charge on any atom is -0.360 e. The van der Waals surface area contributed by atoms with Crippen molar-refractivity contribution >= 4 is 34.0 Å². The third-order valence-electron chi connectivity index (χ3n) is 4.19. The SMILES string of the molecule is CCNc1nnc(SCC(=O)c2cc(C)n(Cc3ccc(F)cc3)c2C)s1. The second-order valence-corrected chi connectivity index (χ2v) is 8.31. The van der Waals surface area contributed by atoms with Crippen LogP contribution in [0.2, 0.25) is 0 Å². The van der Waals surface area contributed by atoms with Crippen molar-refractivity contribution in [2.75, 3.05) is 17.6 Å². The fourth-order valence-electron chi connectivity index (χ4n) is 2.79. The summed E-state index contributed by atoms with van der Waals surface area (Å²) in [7, 11) is 0. The van der Waals surface area contributed by atoms with E-state index in [1.54, 1.807) is 12.1 Å². The number of thioether (sulfide) groups is 1. The number of benzene rings is 1. The lowest BCUT2D eigenvalue weighted by molar-refractivity contribution is 0.102. The molecule has 0 spiro atoms. The molecule has 27 heavy (non-hydrogen) atoms. The highest BCUT2D eigenvalue weighted by Gasteiger charge is 2.17. The topological polar surface area (TPSA) is 59.8 Å². The monoisotopic (exact) mass is 404 g/mol. The number of Topliss-reactive ketones (excluding diaryl/α,β-unsaturated/α-hetero) is 1. The summed E-state index contributed by atoms with van der Waals surface area (Å²) in [5.74, 6) is 0.141. The fraction of sp³-hybridized carbons (Fsp3) is 0.316. The molecule has 0 atom stereocenters. The first-order valence-corrected chi connectivity index (χ1v) is 10.4. The van der Waals surface area contributed by atoms with Crippen LogP contribution < -0.4 is 5.32 Å². The molecule has 0 fully saturated rings. The Labute approximate surface area is 166 Å². The van der Waals surface area contributed by atoms with Crippen LogP contribution in [-0.4, -0.2) is 32.8 Å². The zero-order chi connectivity index (χ0) is 19.4. The van der Waals surface area contributed by atoms with Gasteiger partial charge in [-0.2, -0.15) is 0 Å². The molecule has 3 rings (SSSR count). The van der Waals surface area contributed by atoms with Gasteiger partial charge >= 0.3 is 0 Å². The van der Waals surface area contributed by atoms with Gasteiger partial charge in [0.15, 0.2) is 10.1 Å². The number of hydrogen-bond acceptors (Lipinski definition) is 6. The van der Waals surface area contributed by atoms with Crippen molar-refractivity contribution < 1.29 is 9.18 Å². The average Bonchev–Trinajstić information content (AvgIpc) is 3.21. The van der Waals surface area contributed by atoms with E-state index < -0.39 is 0 Å². The smallest absolute Gasteiger partial charge is 0.206 e. The molecule has 142 valence electrons. The third-order valence-corrected chi connectivity index (χ3v) is 6.20. The van der Waals surface area contributed by atoms with Crippen LogP contribution in [0.15, 0.2) is 34.7 Å². The maximum Gasteiger partial charge on any atom is 0.206 e. The molecule has 8 heteroatoms. The van der Waals surface area contributed by atoms with E-state index in [1.807, 2.05) is 26.8 Å². The largest absolute Gasteiger partial charge is 0.360 e. The van der Waals surface area contributed by atoms with Crippen LogP contribution in [0.3, 0.4) is 0 Å². The van der Waals surface area contributed by atoms with Crippen LogP contribution in [0.5, 0.6) is 0 Å². The van der Waals surface area contributed by atoms with Crippen molar-refractivity contribution in [1.29, 1.82) is 0 Å². The van der Waals surface area contributed by atoms with Gasteiger partial charge < -0.3 is 9.88 Å². The zero-order valence-electron chi connectivity index (χ0n) is 15.5. The van der Waals surface area contributed by atoms with E-state index in [2.05, 4.69) is 20.1 Å². The number of ketones is 1. The molecular formula is C19H21FN4OS2. The van der Waals surface area contributed by atoms with Crippen molar-refractivity contribution in [2.24, 2.45) is 0 Å². The molecule has 3 aromatic rings. The number of carbonyl (C=O) groups excluding carboxylic acids is 1. The van der Waals surface area contributed by atoms with E-state index in [1.165, 1.54) is 35.2 Å².